The fourth-order valence-corrected chi connectivity index (χ4v) is 5.14. The molecule has 1 aromatic carbocycles. The Morgan fingerprint density at radius 2 is 2.00 bits per heavy atom. The molecule has 1 aliphatic heterocycles. The lowest BCUT2D eigenvalue weighted by Gasteiger charge is -2.26. The fourth-order valence-electron chi connectivity index (χ4n) is 4.00. The highest BCUT2D eigenvalue weighted by molar-refractivity contribution is 7.20. The average Bonchev–Trinajstić information content (AvgIpc) is 3.57. The van der Waals surface area contributed by atoms with Crippen LogP contribution in [0, 0.1) is 5.82 Å². The molecule has 192 valence electrons. The maximum absolute atomic E-state index is 14.8. The third kappa shape index (κ3) is 6.05. The normalized spacial score (nSPS) is 15.3. The number of rotatable bonds is 8. The van der Waals surface area contributed by atoms with Gasteiger partial charge in [-0.2, -0.15) is 0 Å². The van der Waals surface area contributed by atoms with E-state index in [-0.39, 0.29) is 36.6 Å². The minimum atomic E-state index is -0.985. The molecule has 1 fully saturated rings. The number of aromatic nitrogens is 1. The first kappa shape index (κ1) is 24.7. The first-order valence-electron chi connectivity index (χ1n) is 12.0. The van der Waals surface area contributed by atoms with Gasteiger partial charge >= 0.3 is 12.0 Å². The molecule has 11 heteroatoms. The molecular weight excluding hydrogens is 499 g/mol. The molecule has 37 heavy (non-hydrogen) atoms. The quantitative estimate of drug-likeness (QED) is 0.382. The van der Waals surface area contributed by atoms with Crippen molar-refractivity contribution in [1.29, 1.82) is 0 Å². The number of carbonyl (C=O) groups excluding carboxylic acids is 2. The van der Waals surface area contributed by atoms with Crippen LogP contribution in [0.3, 0.4) is 0 Å². The Morgan fingerprint density at radius 3 is 2.70 bits per heavy atom. The number of hydrogen-bond donors (Lipinski definition) is 3. The zero-order valence-corrected chi connectivity index (χ0v) is 20.6. The van der Waals surface area contributed by atoms with Crippen LogP contribution in [-0.4, -0.2) is 52.0 Å². The molecule has 2 aromatic heterocycles. The van der Waals surface area contributed by atoms with Crippen LogP contribution in [0.25, 0.3) is 15.8 Å². The van der Waals surface area contributed by atoms with E-state index >= 15 is 0 Å². The lowest BCUT2D eigenvalue weighted by Crippen LogP contribution is -2.34. The van der Waals surface area contributed by atoms with Crippen LogP contribution in [0.5, 0.6) is 11.5 Å². The lowest BCUT2D eigenvalue weighted by molar-refractivity contribution is -0.140. The second-order valence-corrected chi connectivity index (χ2v) is 10.0. The molecule has 9 nitrogen and oxygen atoms in total. The topological polar surface area (TPSA) is 121 Å². The molecule has 5 rings (SSSR count). The van der Waals surface area contributed by atoms with Crippen LogP contribution in [0.2, 0.25) is 0 Å². The summed E-state index contributed by atoms with van der Waals surface area (Å²) in [5, 5.41) is 14.2. The van der Waals surface area contributed by atoms with Gasteiger partial charge in [0.15, 0.2) is 11.6 Å². The predicted octanol–water partition coefficient (Wildman–Crippen LogP) is 4.99. The second kappa shape index (κ2) is 10.6. The molecule has 1 aliphatic carbocycles. The molecule has 3 amide bonds. The monoisotopic (exact) mass is 524 g/mol. The van der Waals surface area contributed by atoms with E-state index in [9.17, 15) is 18.8 Å². The Kier molecular flexibility index (Phi) is 7.04. The highest BCUT2D eigenvalue weighted by atomic mass is 32.1. The number of carboxylic acid groups (broad SMARTS) is 1. The van der Waals surface area contributed by atoms with Gasteiger partial charge in [-0.25, -0.2) is 9.18 Å². The van der Waals surface area contributed by atoms with Crippen molar-refractivity contribution in [3.63, 3.8) is 0 Å². The number of carbonyl (C=O) groups is 3. The van der Waals surface area contributed by atoms with E-state index < -0.39 is 11.8 Å². The molecule has 0 unspecified atom stereocenters. The number of halogens is 1. The summed E-state index contributed by atoms with van der Waals surface area (Å²) in [7, 11) is 0. The highest BCUT2D eigenvalue weighted by Gasteiger charge is 2.23. The molecule has 3 heterocycles. The van der Waals surface area contributed by atoms with Crippen molar-refractivity contribution in [2.45, 2.75) is 38.1 Å². The number of anilines is 1. The van der Waals surface area contributed by atoms with Crippen molar-refractivity contribution in [3.05, 3.63) is 53.3 Å². The maximum atomic E-state index is 14.8. The van der Waals surface area contributed by atoms with Gasteiger partial charge in [-0.05, 0) is 43.0 Å². The highest BCUT2D eigenvalue weighted by Crippen LogP contribution is 2.39. The Bertz CT molecular complexity index is 1400. The number of carboxylic acids is 1. The van der Waals surface area contributed by atoms with E-state index in [0.29, 0.717) is 36.5 Å². The third-order valence-corrected chi connectivity index (χ3v) is 7.34. The number of thiophene rings is 1. The van der Waals surface area contributed by atoms with Crippen molar-refractivity contribution >= 4 is 50.7 Å². The van der Waals surface area contributed by atoms with E-state index in [1.807, 2.05) is 12.1 Å². The van der Waals surface area contributed by atoms with Gasteiger partial charge in [0, 0.05) is 54.4 Å². The van der Waals surface area contributed by atoms with Gasteiger partial charge in [0.1, 0.15) is 5.75 Å². The molecule has 3 aromatic rings. The van der Waals surface area contributed by atoms with Crippen LogP contribution < -0.4 is 15.4 Å². The largest absolute Gasteiger partial charge is 0.481 e. The Balaban J connectivity index is 1.28. The van der Waals surface area contributed by atoms with Gasteiger partial charge in [0.05, 0.1) is 16.6 Å². The van der Waals surface area contributed by atoms with Crippen molar-refractivity contribution in [2.24, 2.45) is 0 Å². The number of urea groups is 1. The van der Waals surface area contributed by atoms with Crippen molar-refractivity contribution in [3.8, 4) is 11.5 Å². The number of nitrogens with zero attached hydrogens (tertiary/aromatic N) is 2. The summed E-state index contributed by atoms with van der Waals surface area (Å²) in [4.78, 5) is 41.9. The van der Waals surface area contributed by atoms with E-state index in [2.05, 4.69) is 15.6 Å². The molecular formula is C26H25FN4O5S. The lowest BCUT2D eigenvalue weighted by atomic mass is 10.1. The van der Waals surface area contributed by atoms with Crippen molar-refractivity contribution in [2.75, 3.05) is 18.4 Å². The molecule has 0 radical (unpaired) electrons. The number of benzene rings is 1. The number of ether oxygens (including phenoxy) is 1. The standard InChI is InChI=1S/C26H25FN4O5S/c27-18-13-17(30-26(35)29-16-1-2-16)3-4-20(18)36-21-7-10-28-19-14-22(37-25(19)21)15-8-11-31(12-9-15)23(32)5-6-24(33)34/h3-4,7-8,10,13-14,16H,1-2,5-6,9,11-12H2,(H,33,34)(H2,29,30,35). The fraction of sp³-hybridized carbons (Fsp3) is 0.308. The van der Waals surface area contributed by atoms with Crippen molar-refractivity contribution in [1.82, 2.24) is 15.2 Å². The van der Waals surface area contributed by atoms with E-state index in [0.717, 1.165) is 28.0 Å². The summed E-state index contributed by atoms with van der Waals surface area (Å²) >= 11 is 1.48. The molecule has 0 atom stereocenters. The summed E-state index contributed by atoms with van der Waals surface area (Å²) < 4.78 is 21.4. The summed E-state index contributed by atoms with van der Waals surface area (Å²) in [5.41, 5.74) is 2.12. The van der Waals surface area contributed by atoms with E-state index in [1.165, 1.54) is 23.5 Å². The van der Waals surface area contributed by atoms with Gasteiger partial charge in [0.2, 0.25) is 5.91 Å². The van der Waals surface area contributed by atoms with Gasteiger partial charge in [0.25, 0.3) is 0 Å². The molecule has 0 bridgehead atoms. The van der Waals surface area contributed by atoms with E-state index in [4.69, 9.17) is 9.84 Å². The molecule has 0 saturated heterocycles. The first-order chi connectivity index (χ1) is 17.9. The number of amides is 3. The number of aliphatic carboxylic acids is 1. The molecule has 1 saturated carbocycles. The number of pyridine rings is 1. The third-order valence-electron chi connectivity index (χ3n) is 6.13. The summed E-state index contributed by atoms with van der Waals surface area (Å²) in [5.74, 6) is -1.26. The smallest absolute Gasteiger partial charge is 0.319 e. The minimum absolute atomic E-state index is 0.00667. The van der Waals surface area contributed by atoms with Crippen LogP contribution >= 0.6 is 11.3 Å². The zero-order chi connectivity index (χ0) is 25.9. The van der Waals surface area contributed by atoms with Crippen LogP contribution in [0.4, 0.5) is 14.9 Å². The first-order valence-corrected chi connectivity index (χ1v) is 12.8. The molecule has 2 aliphatic rings. The number of hydrogen-bond acceptors (Lipinski definition) is 6. The molecule has 3 N–H and O–H groups in total. The predicted molar refractivity (Wildman–Crippen MR) is 137 cm³/mol. The number of nitrogens with one attached hydrogen (secondary N) is 2. The Morgan fingerprint density at radius 1 is 1.16 bits per heavy atom. The Labute approximate surface area is 215 Å². The van der Waals surface area contributed by atoms with Gasteiger partial charge in [-0.15, -0.1) is 11.3 Å². The van der Waals surface area contributed by atoms with Gasteiger partial charge in [-0.1, -0.05) is 6.08 Å². The van der Waals surface area contributed by atoms with E-state index in [1.54, 1.807) is 23.2 Å². The SMILES string of the molecule is O=C(O)CCC(=O)N1CC=C(c2cc3nccc(Oc4ccc(NC(=O)NC5CC5)cc4F)c3s2)CC1. The average molecular weight is 525 g/mol. The van der Waals surface area contributed by atoms with Gasteiger partial charge < -0.3 is 25.4 Å². The summed E-state index contributed by atoms with van der Waals surface area (Å²) in [6, 6.07) is 7.74. The summed E-state index contributed by atoms with van der Waals surface area (Å²) in [6.45, 7) is 0.933. The minimum Gasteiger partial charge on any atom is -0.481 e. The number of fused-ring (bicyclic) bond motifs is 1. The zero-order valence-electron chi connectivity index (χ0n) is 19.8. The maximum Gasteiger partial charge on any atom is 0.319 e. The van der Waals surface area contributed by atoms with Gasteiger partial charge in [-0.3, -0.25) is 14.6 Å². The summed E-state index contributed by atoms with van der Waals surface area (Å²) in [6.07, 6.45) is 5.95. The molecule has 0 spiro atoms. The van der Waals surface area contributed by atoms with Crippen LogP contribution in [0.15, 0.2) is 42.6 Å². The van der Waals surface area contributed by atoms with Crippen LogP contribution in [0.1, 0.15) is 37.0 Å². The second-order valence-electron chi connectivity index (χ2n) is 8.97. The Hall–Kier alpha value is -3.99. The van der Waals surface area contributed by atoms with Crippen LogP contribution in [-0.2, 0) is 9.59 Å². The van der Waals surface area contributed by atoms with Crippen molar-refractivity contribution < 1.29 is 28.6 Å².